The molecule has 27 heavy (non-hydrogen) atoms. The van der Waals surface area contributed by atoms with E-state index in [1.807, 2.05) is 6.07 Å². The molecule has 0 aromatic heterocycles. The van der Waals surface area contributed by atoms with E-state index in [9.17, 15) is 19.7 Å². The number of nitro benzene ring substituents is 1. The summed E-state index contributed by atoms with van der Waals surface area (Å²) >= 11 is 0. The molecule has 0 spiro atoms. The second-order valence-corrected chi connectivity index (χ2v) is 6.41. The van der Waals surface area contributed by atoms with Gasteiger partial charge in [-0.3, -0.25) is 19.7 Å². The van der Waals surface area contributed by atoms with Crippen LogP contribution in [0.5, 0.6) is 0 Å². The second kappa shape index (κ2) is 8.93. The highest BCUT2D eigenvalue weighted by Crippen LogP contribution is 2.25. The topological polar surface area (TPSA) is 98.5 Å². The zero-order valence-corrected chi connectivity index (χ0v) is 15.5. The molecule has 2 aromatic carbocycles. The molecule has 142 valence electrons. The number of esters is 1. The van der Waals surface area contributed by atoms with Crippen molar-refractivity contribution in [2.75, 3.05) is 0 Å². The predicted octanol–water partition coefficient (Wildman–Crippen LogP) is 3.72. The molecule has 2 rings (SSSR count). The molecule has 0 aliphatic carbocycles. The summed E-state index contributed by atoms with van der Waals surface area (Å²) in [7, 11) is 0. The van der Waals surface area contributed by atoms with Crippen molar-refractivity contribution in [3.8, 4) is 0 Å². The fourth-order valence-electron chi connectivity index (χ4n) is 2.74. The van der Waals surface area contributed by atoms with Crippen molar-refractivity contribution in [3.63, 3.8) is 0 Å². The predicted molar refractivity (Wildman–Crippen MR) is 100 cm³/mol. The van der Waals surface area contributed by atoms with Crippen LogP contribution < -0.4 is 5.32 Å². The fraction of sp³-hybridized carbons (Fsp3) is 0.300. The van der Waals surface area contributed by atoms with E-state index in [0.29, 0.717) is 11.1 Å². The standard InChI is InChI=1S/C20H22N2O5/c1-13(2)27-18(23)12-17(15-9-5-4-6-10-15)21-20(24)16-11-7-8-14(3)19(16)22(25)26/h4-11,13,17H,12H2,1-3H3,(H,21,24). The van der Waals surface area contributed by atoms with Crippen molar-refractivity contribution >= 4 is 17.6 Å². The van der Waals surface area contributed by atoms with Gasteiger partial charge in [0.15, 0.2) is 0 Å². The summed E-state index contributed by atoms with van der Waals surface area (Å²) in [4.78, 5) is 35.6. The van der Waals surface area contributed by atoms with E-state index in [1.165, 1.54) is 6.07 Å². The maximum atomic E-state index is 12.7. The Balaban J connectivity index is 2.30. The van der Waals surface area contributed by atoms with Gasteiger partial charge in [0.2, 0.25) is 0 Å². The first kappa shape index (κ1) is 20.1. The van der Waals surface area contributed by atoms with Crippen molar-refractivity contribution in [1.29, 1.82) is 0 Å². The molecule has 1 unspecified atom stereocenters. The largest absolute Gasteiger partial charge is 0.463 e. The Morgan fingerprint density at radius 1 is 1.11 bits per heavy atom. The van der Waals surface area contributed by atoms with E-state index in [2.05, 4.69) is 5.32 Å². The highest BCUT2D eigenvalue weighted by atomic mass is 16.6. The second-order valence-electron chi connectivity index (χ2n) is 6.41. The van der Waals surface area contributed by atoms with Crippen LogP contribution >= 0.6 is 0 Å². The number of para-hydroxylation sites is 1. The van der Waals surface area contributed by atoms with Gasteiger partial charge in [-0.05, 0) is 32.4 Å². The third kappa shape index (κ3) is 5.37. The molecule has 0 radical (unpaired) electrons. The van der Waals surface area contributed by atoms with Gasteiger partial charge in [0, 0.05) is 5.56 Å². The lowest BCUT2D eigenvalue weighted by atomic mass is 10.0. The molecule has 7 nitrogen and oxygen atoms in total. The van der Waals surface area contributed by atoms with Crippen LogP contribution in [-0.2, 0) is 9.53 Å². The van der Waals surface area contributed by atoms with Crippen molar-refractivity contribution in [2.24, 2.45) is 0 Å². The van der Waals surface area contributed by atoms with Gasteiger partial charge in [0.25, 0.3) is 11.6 Å². The van der Waals surface area contributed by atoms with Crippen LogP contribution in [0.1, 0.15) is 47.8 Å². The number of hydrogen-bond acceptors (Lipinski definition) is 5. The number of nitrogens with zero attached hydrogens (tertiary/aromatic N) is 1. The molecule has 1 N–H and O–H groups in total. The van der Waals surface area contributed by atoms with Crippen LogP contribution in [0.2, 0.25) is 0 Å². The van der Waals surface area contributed by atoms with Gasteiger partial charge in [0.1, 0.15) is 5.56 Å². The zero-order chi connectivity index (χ0) is 20.0. The van der Waals surface area contributed by atoms with Crippen LogP contribution in [0.3, 0.4) is 0 Å². The summed E-state index contributed by atoms with van der Waals surface area (Å²) in [5, 5.41) is 14.1. The number of hydrogen-bond donors (Lipinski definition) is 1. The summed E-state index contributed by atoms with van der Waals surface area (Å²) in [6, 6.07) is 12.8. The Kier molecular flexibility index (Phi) is 6.65. The zero-order valence-electron chi connectivity index (χ0n) is 15.5. The number of carbonyl (C=O) groups is 2. The minimum absolute atomic E-state index is 0.0434. The van der Waals surface area contributed by atoms with Crippen LogP contribution in [0.4, 0.5) is 5.69 Å². The van der Waals surface area contributed by atoms with Gasteiger partial charge in [-0.2, -0.15) is 0 Å². The molecule has 0 heterocycles. The molecular formula is C20H22N2O5. The van der Waals surface area contributed by atoms with Crippen molar-refractivity contribution in [2.45, 2.75) is 39.3 Å². The van der Waals surface area contributed by atoms with Crippen LogP contribution in [-0.4, -0.2) is 22.9 Å². The minimum atomic E-state index is -0.662. The Labute approximate surface area is 157 Å². The fourth-order valence-corrected chi connectivity index (χ4v) is 2.74. The molecule has 1 amide bonds. The van der Waals surface area contributed by atoms with Gasteiger partial charge in [-0.15, -0.1) is 0 Å². The van der Waals surface area contributed by atoms with Crippen LogP contribution in [0.25, 0.3) is 0 Å². The molecule has 0 saturated heterocycles. The smallest absolute Gasteiger partial charge is 0.308 e. The first-order valence-corrected chi connectivity index (χ1v) is 8.59. The average molecular weight is 370 g/mol. The van der Waals surface area contributed by atoms with Crippen molar-refractivity contribution in [1.82, 2.24) is 5.32 Å². The summed E-state index contributed by atoms with van der Waals surface area (Å²) in [5.74, 6) is -1.07. The number of ether oxygens (including phenoxy) is 1. The third-order valence-electron chi connectivity index (χ3n) is 3.91. The lowest BCUT2D eigenvalue weighted by Crippen LogP contribution is -2.31. The molecule has 0 fully saturated rings. The van der Waals surface area contributed by atoms with E-state index in [4.69, 9.17) is 4.74 Å². The molecule has 0 aliphatic rings. The maximum absolute atomic E-state index is 12.7. The quantitative estimate of drug-likeness (QED) is 0.455. The van der Waals surface area contributed by atoms with Gasteiger partial charge in [-0.25, -0.2) is 0 Å². The first-order valence-electron chi connectivity index (χ1n) is 8.59. The maximum Gasteiger partial charge on any atom is 0.308 e. The lowest BCUT2D eigenvalue weighted by Gasteiger charge is -2.19. The third-order valence-corrected chi connectivity index (χ3v) is 3.91. The van der Waals surface area contributed by atoms with Crippen LogP contribution in [0.15, 0.2) is 48.5 Å². The monoisotopic (exact) mass is 370 g/mol. The summed E-state index contributed by atoms with van der Waals surface area (Å²) in [6.45, 7) is 5.05. The van der Waals surface area contributed by atoms with Gasteiger partial charge in [-0.1, -0.05) is 42.5 Å². The van der Waals surface area contributed by atoms with E-state index in [-0.39, 0.29) is 23.8 Å². The summed E-state index contributed by atoms with van der Waals surface area (Å²) < 4.78 is 5.17. The van der Waals surface area contributed by atoms with Gasteiger partial charge in [0.05, 0.1) is 23.5 Å². The molecule has 0 aliphatic heterocycles. The molecule has 2 aromatic rings. The highest BCUT2D eigenvalue weighted by Gasteiger charge is 2.26. The van der Waals surface area contributed by atoms with Crippen LogP contribution in [0, 0.1) is 17.0 Å². The lowest BCUT2D eigenvalue weighted by molar-refractivity contribution is -0.385. The normalized spacial score (nSPS) is 11.7. The summed E-state index contributed by atoms with van der Waals surface area (Å²) in [5.41, 5.74) is 0.815. The molecule has 7 heteroatoms. The van der Waals surface area contributed by atoms with E-state index >= 15 is 0 Å². The Morgan fingerprint density at radius 2 is 1.78 bits per heavy atom. The molecule has 1 atom stereocenters. The number of benzene rings is 2. The minimum Gasteiger partial charge on any atom is -0.463 e. The van der Waals surface area contributed by atoms with Crippen molar-refractivity contribution < 1.29 is 19.2 Å². The van der Waals surface area contributed by atoms with E-state index in [1.54, 1.807) is 57.2 Å². The average Bonchev–Trinajstić information content (AvgIpc) is 2.60. The number of aryl methyl sites for hydroxylation is 1. The Morgan fingerprint density at radius 3 is 2.37 bits per heavy atom. The number of amides is 1. The summed E-state index contributed by atoms with van der Waals surface area (Å²) in [6.07, 6.45) is -0.351. The Bertz CT molecular complexity index is 834. The van der Waals surface area contributed by atoms with E-state index < -0.39 is 22.8 Å². The SMILES string of the molecule is Cc1cccc(C(=O)NC(CC(=O)OC(C)C)c2ccccc2)c1[N+](=O)[O-]. The molecule has 0 bridgehead atoms. The van der Waals surface area contributed by atoms with E-state index in [0.717, 1.165) is 0 Å². The first-order chi connectivity index (χ1) is 12.8. The number of carbonyl (C=O) groups excluding carboxylic acids is 2. The number of nitrogens with one attached hydrogen (secondary N) is 1. The Hall–Kier alpha value is -3.22. The number of nitro groups is 1. The molecule has 0 saturated carbocycles. The highest BCUT2D eigenvalue weighted by molar-refractivity contribution is 5.99. The number of rotatable bonds is 7. The van der Waals surface area contributed by atoms with Gasteiger partial charge >= 0.3 is 5.97 Å². The molecular weight excluding hydrogens is 348 g/mol. The van der Waals surface area contributed by atoms with Gasteiger partial charge < -0.3 is 10.1 Å². The van der Waals surface area contributed by atoms with Crippen molar-refractivity contribution in [3.05, 3.63) is 75.3 Å².